The van der Waals surface area contributed by atoms with Crippen LogP contribution in [0, 0.1) is 5.92 Å². The molecule has 0 aromatic heterocycles. The number of amides is 3. The highest BCUT2D eigenvalue weighted by molar-refractivity contribution is 5.93. The number of carbonyl (C=O) groups is 4. The standard InChI is InChI=1S/C17H33N7O6/c1-8(2)12(18)15(28)22-9(3)13(26)23-10(5-4-6-21-17(19)20)14(27)24-11(7-25)16(29)30/h8-12,25H,4-7,18H2,1-3H3,(H,22,28)(H,23,26)(H,24,27)(H,29,30)(H4,19,20,21)/t9-,10-,11-,12-/m0/s1. The minimum absolute atomic E-state index is 0.0816. The van der Waals surface area contributed by atoms with Crippen molar-refractivity contribution in [3.05, 3.63) is 0 Å². The van der Waals surface area contributed by atoms with Crippen LogP contribution in [-0.2, 0) is 19.2 Å². The fourth-order valence-electron chi connectivity index (χ4n) is 2.20. The minimum atomic E-state index is -1.53. The molecule has 3 amide bonds. The molecule has 0 bridgehead atoms. The van der Waals surface area contributed by atoms with Crippen molar-refractivity contribution in [3.8, 4) is 0 Å². The molecule has 172 valence electrons. The Labute approximate surface area is 174 Å². The molecule has 0 saturated carbocycles. The van der Waals surface area contributed by atoms with Gasteiger partial charge >= 0.3 is 5.97 Å². The Balaban J connectivity index is 5.13. The zero-order valence-electron chi connectivity index (χ0n) is 17.4. The Kier molecular flexibility index (Phi) is 12.0. The molecule has 4 atom stereocenters. The highest BCUT2D eigenvalue weighted by Gasteiger charge is 2.28. The maximum Gasteiger partial charge on any atom is 0.328 e. The fourth-order valence-corrected chi connectivity index (χ4v) is 2.20. The number of hydrogen-bond acceptors (Lipinski definition) is 7. The topological polar surface area (TPSA) is 235 Å². The molecule has 0 aliphatic heterocycles. The summed E-state index contributed by atoms with van der Waals surface area (Å²) in [6, 6.07) is -4.47. The Morgan fingerprint density at radius 2 is 1.50 bits per heavy atom. The summed E-state index contributed by atoms with van der Waals surface area (Å²) in [5.74, 6) is -3.71. The number of aliphatic imine (C=N–C) groups is 1. The number of carboxylic acid groups (broad SMARTS) is 1. The highest BCUT2D eigenvalue weighted by atomic mass is 16.4. The van der Waals surface area contributed by atoms with Crippen LogP contribution in [0.4, 0.5) is 0 Å². The van der Waals surface area contributed by atoms with Crippen LogP contribution >= 0.6 is 0 Å². The van der Waals surface area contributed by atoms with E-state index in [9.17, 15) is 19.2 Å². The van der Waals surface area contributed by atoms with Crippen LogP contribution in [0.15, 0.2) is 4.99 Å². The van der Waals surface area contributed by atoms with Crippen molar-refractivity contribution < 1.29 is 29.4 Å². The van der Waals surface area contributed by atoms with Gasteiger partial charge in [-0.15, -0.1) is 0 Å². The number of hydrogen-bond donors (Lipinski definition) is 8. The molecule has 0 fully saturated rings. The third-order valence-electron chi connectivity index (χ3n) is 4.15. The van der Waals surface area contributed by atoms with Gasteiger partial charge in [-0.2, -0.15) is 0 Å². The molecule has 0 aliphatic rings. The maximum atomic E-state index is 12.4. The zero-order chi connectivity index (χ0) is 23.4. The molecule has 13 heteroatoms. The highest BCUT2D eigenvalue weighted by Crippen LogP contribution is 2.02. The number of aliphatic carboxylic acids is 1. The van der Waals surface area contributed by atoms with Crippen LogP contribution in [0.3, 0.4) is 0 Å². The van der Waals surface area contributed by atoms with E-state index in [1.807, 2.05) is 0 Å². The quantitative estimate of drug-likeness (QED) is 0.0821. The lowest BCUT2D eigenvalue weighted by Gasteiger charge is -2.23. The lowest BCUT2D eigenvalue weighted by molar-refractivity contribution is -0.143. The van der Waals surface area contributed by atoms with E-state index in [0.29, 0.717) is 6.42 Å². The maximum absolute atomic E-state index is 12.4. The van der Waals surface area contributed by atoms with E-state index in [1.54, 1.807) is 13.8 Å². The van der Waals surface area contributed by atoms with Crippen molar-refractivity contribution in [3.63, 3.8) is 0 Å². The molecule has 0 saturated heterocycles. The molecule has 0 aliphatic carbocycles. The van der Waals surface area contributed by atoms with E-state index in [-0.39, 0.29) is 24.8 Å². The van der Waals surface area contributed by atoms with Crippen LogP contribution < -0.4 is 33.2 Å². The number of carboxylic acids is 1. The van der Waals surface area contributed by atoms with E-state index in [1.165, 1.54) is 6.92 Å². The molecule has 0 rings (SSSR count). The molecular weight excluding hydrogens is 398 g/mol. The Hall–Kier alpha value is -2.93. The van der Waals surface area contributed by atoms with Crippen LogP contribution in [0.5, 0.6) is 0 Å². The van der Waals surface area contributed by atoms with E-state index in [2.05, 4.69) is 20.9 Å². The second kappa shape index (κ2) is 13.3. The number of nitrogens with one attached hydrogen (secondary N) is 3. The molecule has 0 heterocycles. The van der Waals surface area contributed by atoms with Gasteiger partial charge in [0.1, 0.15) is 18.1 Å². The lowest BCUT2D eigenvalue weighted by Crippen LogP contribution is -2.57. The number of aliphatic hydroxyl groups excluding tert-OH is 1. The zero-order valence-corrected chi connectivity index (χ0v) is 17.4. The summed E-state index contributed by atoms with van der Waals surface area (Å²) >= 11 is 0. The third kappa shape index (κ3) is 10.0. The van der Waals surface area contributed by atoms with Crippen molar-refractivity contribution in [2.45, 2.75) is 57.8 Å². The fraction of sp³-hybridized carbons (Fsp3) is 0.706. The summed E-state index contributed by atoms with van der Waals surface area (Å²) < 4.78 is 0. The summed E-state index contributed by atoms with van der Waals surface area (Å²) in [5, 5.41) is 25.1. The Morgan fingerprint density at radius 1 is 0.933 bits per heavy atom. The number of rotatable bonds is 13. The first-order chi connectivity index (χ1) is 13.9. The minimum Gasteiger partial charge on any atom is -0.480 e. The molecule has 30 heavy (non-hydrogen) atoms. The molecular formula is C17H33N7O6. The van der Waals surface area contributed by atoms with Crippen molar-refractivity contribution in [1.29, 1.82) is 0 Å². The summed E-state index contributed by atoms with van der Waals surface area (Å²) in [6.07, 6.45) is 0.379. The van der Waals surface area contributed by atoms with Gasteiger partial charge in [0, 0.05) is 6.54 Å². The molecule has 0 spiro atoms. The third-order valence-corrected chi connectivity index (χ3v) is 4.15. The van der Waals surface area contributed by atoms with E-state index >= 15 is 0 Å². The molecule has 0 aromatic rings. The first kappa shape index (κ1) is 27.1. The summed E-state index contributed by atoms with van der Waals surface area (Å²) in [6.45, 7) is 4.29. The van der Waals surface area contributed by atoms with E-state index in [4.69, 9.17) is 27.4 Å². The Morgan fingerprint density at radius 3 is 1.97 bits per heavy atom. The predicted molar refractivity (Wildman–Crippen MR) is 109 cm³/mol. The monoisotopic (exact) mass is 431 g/mol. The van der Waals surface area contributed by atoms with Gasteiger partial charge in [-0.25, -0.2) is 4.79 Å². The van der Waals surface area contributed by atoms with E-state index in [0.717, 1.165) is 0 Å². The van der Waals surface area contributed by atoms with Gasteiger partial charge < -0.3 is 43.4 Å². The average molecular weight is 431 g/mol. The van der Waals surface area contributed by atoms with Crippen LogP contribution in [0.25, 0.3) is 0 Å². The lowest BCUT2D eigenvalue weighted by atomic mass is 10.0. The van der Waals surface area contributed by atoms with Gasteiger partial charge in [0.05, 0.1) is 12.6 Å². The molecule has 0 radical (unpaired) electrons. The van der Waals surface area contributed by atoms with Gasteiger partial charge in [-0.3, -0.25) is 19.4 Å². The number of aliphatic hydroxyl groups is 1. The van der Waals surface area contributed by atoms with E-state index < -0.39 is 54.5 Å². The number of guanidine groups is 1. The first-order valence-corrected chi connectivity index (χ1v) is 9.46. The van der Waals surface area contributed by atoms with Crippen LogP contribution in [-0.4, -0.2) is 77.2 Å². The van der Waals surface area contributed by atoms with Gasteiger partial charge in [0.2, 0.25) is 17.7 Å². The summed E-state index contributed by atoms with van der Waals surface area (Å²) in [4.78, 5) is 51.7. The molecule has 0 aromatic carbocycles. The van der Waals surface area contributed by atoms with Crippen LogP contribution in [0.1, 0.15) is 33.6 Å². The molecule has 11 N–H and O–H groups in total. The van der Waals surface area contributed by atoms with Gasteiger partial charge in [-0.1, -0.05) is 13.8 Å². The molecule has 13 nitrogen and oxygen atoms in total. The van der Waals surface area contributed by atoms with Crippen molar-refractivity contribution in [2.24, 2.45) is 28.1 Å². The van der Waals surface area contributed by atoms with Gasteiger partial charge in [-0.05, 0) is 25.7 Å². The van der Waals surface area contributed by atoms with Crippen molar-refractivity contribution in [2.75, 3.05) is 13.2 Å². The molecule has 0 unspecified atom stereocenters. The first-order valence-electron chi connectivity index (χ1n) is 9.46. The second-order valence-corrected chi connectivity index (χ2v) is 7.09. The number of carbonyl (C=O) groups excluding carboxylic acids is 3. The smallest absolute Gasteiger partial charge is 0.328 e. The summed E-state index contributed by atoms with van der Waals surface area (Å²) in [7, 11) is 0. The van der Waals surface area contributed by atoms with Crippen LogP contribution in [0.2, 0.25) is 0 Å². The van der Waals surface area contributed by atoms with Crippen molar-refractivity contribution >= 4 is 29.7 Å². The van der Waals surface area contributed by atoms with Gasteiger partial charge in [0.25, 0.3) is 0 Å². The SMILES string of the molecule is CC(C)[C@H](N)C(=O)N[C@@H](C)C(=O)N[C@@H](CCCN=C(N)N)C(=O)N[C@@H](CO)C(=O)O. The summed E-state index contributed by atoms with van der Waals surface area (Å²) in [5.41, 5.74) is 16.2. The Bertz CT molecular complexity index is 636. The van der Waals surface area contributed by atoms with Gasteiger partial charge in [0.15, 0.2) is 5.96 Å². The second-order valence-electron chi connectivity index (χ2n) is 7.09. The largest absolute Gasteiger partial charge is 0.480 e. The predicted octanol–water partition coefficient (Wildman–Crippen LogP) is -3.43. The number of nitrogens with two attached hydrogens (primary N) is 3. The number of nitrogens with zero attached hydrogens (tertiary/aromatic N) is 1. The average Bonchev–Trinajstić information content (AvgIpc) is 2.66. The normalized spacial score (nSPS) is 14.7. The van der Waals surface area contributed by atoms with Crippen molar-refractivity contribution in [1.82, 2.24) is 16.0 Å².